The van der Waals surface area contributed by atoms with Crippen LogP contribution in [0.1, 0.15) is 25.8 Å². The number of hydrogen-bond donors (Lipinski definition) is 0. The molecule has 0 radical (unpaired) electrons. The SMILES string of the molecule is CC(Br)CC(C)Cc1cccc(Cl)c1F. The Kier molecular flexibility index (Phi) is 5.07. The van der Waals surface area contributed by atoms with Gasteiger partial charge in [0, 0.05) is 4.83 Å². The Bertz CT molecular complexity index is 325. The summed E-state index contributed by atoms with van der Waals surface area (Å²) in [5.74, 6) is 0.181. The molecule has 0 aliphatic carbocycles. The van der Waals surface area contributed by atoms with E-state index in [1.165, 1.54) is 0 Å². The molecule has 1 aromatic rings. The van der Waals surface area contributed by atoms with Crippen LogP contribution in [0.15, 0.2) is 18.2 Å². The highest BCUT2D eigenvalue weighted by molar-refractivity contribution is 9.09. The zero-order chi connectivity index (χ0) is 11.4. The molecule has 15 heavy (non-hydrogen) atoms. The van der Waals surface area contributed by atoms with Gasteiger partial charge < -0.3 is 0 Å². The highest BCUT2D eigenvalue weighted by Crippen LogP contribution is 2.23. The topological polar surface area (TPSA) is 0 Å². The molecular formula is C12H15BrClF. The van der Waals surface area contributed by atoms with Crippen LogP contribution in [-0.2, 0) is 6.42 Å². The predicted molar refractivity (Wildman–Crippen MR) is 67.3 cm³/mol. The maximum atomic E-state index is 13.6. The van der Waals surface area contributed by atoms with Crippen molar-refractivity contribution in [2.24, 2.45) is 5.92 Å². The minimum atomic E-state index is -0.270. The summed E-state index contributed by atoms with van der Waals surface area (Å²) in [5, 5.41) is 0.214. The van der Waals surface area contributed by atoms with E-state index in [1.807, 2.05) is 0 Å². The first-order valence-corrected chi connectivity index (χ1v) is 6.37. The molecule has 0 spiro atoms. The van der Waals surface area contributed by atoms with E-state index >= 15 is 0 Å². The van der Waals surface area contributed by atoms with Gasteiger partial charge in [-0.3, -0.25) is 0 Å². The van der Waals surface area contributed by atoms with E-state index in [1.54, 1.807) is 18.2 Å². The first-order valence-electron chi connectivity index (χ1n) is 5.07. The molecule has 0 nitrogen and oxygen atoms in total. The molecule has 0 N–H and O–H groups in total. The Morgan fingerprint density at radius 1 is 1.40 bits per heavy atom. The summed E-state index contributed by atoms with van der Waals surface area (Å²) in [6, 6.07) is 5.18. The van der Waals surface area contributed by atoms with Gasteiger partial charge in [0.1, 0.15) is 5.82 Å². The molecule has 0 amide bonds. The molecular weight excluding hydrogens is 278 g/mol. The summed E-state index contributed by atoms with van der Waals surface area (Å²) in [6.45, 7) is 4.23. The third-order valence-electron chi connectivity index (χ3n) is 2.33. The van der Waals surface area contributed by atoms with Crippen LogP contribution in [-0.4, -0.2) is 4.83 Å². The van der Waals surface area contributed by atoms with E-state index in [0.29, 0.717) is 16.3 Å². The predicted octanol–water partition coefficient (Wildman–Crippen LogP) is 4.83. The zero-order valence-corrected chi connectivity index (χ0v) is 11.3. The molecule has 0 heterocycles. The molecule has 1 aromatic carbocycles. The van der Waals surface area contributed by atoms with Crippen molar-refractivity contribution in [2.75, 3.05) is 0 Å². The van der Waals surface area contributed by atoms with E-state index in [9.17, 15) is 4.39 Å². The fourth-order valence-corrected chi connectivity index (χ4v) is 2.55. The molecule has 0 aromatic heterocycles. The van der Waals surface area contributed by atoms with Gasteiger partial charge in [0.2, 0.25) is 0 Å². The lowest BCUT2D eigenvalue weighted by molar-refractivity contribution is 0.512. The molecule has 3 heteroatoms. The van der Waals surface area contributed by atoms with Gasteiger partial charge in [-0.1, -0.05) is 53.5 Å². The second-order valence-corrected chi connectivity index (χ2v) is 6.01. The highest BCUT2D eigenvalue weighted by Gasteiger charge is 2.11. The molecule has 2 atom stereocenters. The van der Waals surface area contributed by atoms with Gasteiger partial charge in [-0.05, 0) is 30.4 Å². The van der Waals surface area contributed by atoms with Crippen molar-refractivity contribution < 1.29 is 4.39 Å². The van der Waals surface area contributed by atoms with Crippen LogP contribution >= 0.6 is 27.5 Å². The number of hydrogen-bond acceptors (Lipinski definition) is 0. The van der Waals surface area contributed by atoms with Crippen molar-refractivity contribution in [3.05, 3.63) is 34.6 Å². The van der Waals surface area contributed by atoms with Crippen LogP contribution in [0.5, 0.6) is 0 Å². The van der Waals surface area contributed by atoms with Gasteiger partial charge in [-0.2, -0.15) is 0 Å². The average molecular weight is 294 g/mol. The van der Waals surface area contributed by atoms with E-state index < -0.39 is 0 Å². The number of halogens is 3. The van der Waals surface area contributed by atoms with Crippen LogP contribution < -0.4 is 0 Å². The first kappa shape index (κ1) is 13.0. The van der Waals surface area contributed by atoms with Gasteiger partial charge >= 0.3 is 0 Å². The second kappa shape index (κ2) is 5.86. The standard InChI is InChI=1S/C12H15BrClF/c1-8(6-9(2)13)7-10-4-3-5-11(14)12(10)15/h3-5,8-9H,6-7H2,1-2H3. The van der Waals surface area contributed by atoms with Crippen LogP contribution in [0, 0.1) is 11.7 Å². The average Bonchev–Trinajstić information content (AvgIpc) is 2.11. The molecule has 0 aliphatic rings. The van der Waals surface area contributed by atoms with Crippen LogP contribution in [0.4, 0.5) is 4.39 Å². The van der Waals surface area contributed by atoms with E-state index in [0.717, 1.165) is 12.8 Å². The molecule has 2 unspecified atom stereocenters. The third-order valence-corrected chi connectivity index (χ3v) is 2.99. The quantitative estimate of drug-likeness (QED) is 0.697. The summed E-state index contributed by atoms with van der Waals surface area (Å²) in [4.78, 5) is 0.467. The normalized spacial score (nSPS) is 15.0. The Labute approximate surface area is 104 Å². The Balaban J connectivity index is 2.68. The maximum Gasteiger partial charge on any atom is 0.144 e. The first-order chi connectivity index (χ1) is 7.00. The number of benzene rings is 1. The lowest BCUT2D eigenvalue weighted by atomic mass is 9.97. The molecule has 0 fully saturated rings. The fourth-order valence-electron chi connectivity index (χ4n) is 1.72. The van der Waals surface area contributed by atoms with Gasteiger partial charge in [0.25, 0.3) is 0 Å². The maximum absolute atomic E-state index is 13.6. The van der Waals surface area contributed by atoms with Crippen molar-refractivity contribution in [3.63, 3.8) is 0 Å². The number of alkyl halides is 1. The summed E-state index contributed by atoms with van der Waals surface area (Å²) in [6.07, 6.45) is 1.77. The van der Waals surface area contributed by atoms with Crippen molar-refractivity contribution in [2.45, 2.75) is 31.5 Å². The molecule has 0 saturated carbocycles. The minimum Gasteiger partial charge on any atom is -0.205 e. The van der Waals surface area contributed by atoms with Gasteiger partial charge in [0.05, 0.1) is 5.02 Å². The third kappa shape index (κ3) is 4.12. The fraction of sp³-hybridized carbons (Fsp3) is 0.500. The summed E-state index contributed by atoms with van der Waals surface area (Å²) in [5.41, 5.74) is 0.711. The van der Waals surface area contributed by atoms with Crippen molar-refractivity contribution in [1.82, 2.24) is 0 Å². The van der Waals surface area contributed by atoms with Crippen molar-refractivity contribution in [3.8, 4) is 0 Å². The largest absolute Gasteiger partial charge is 0.205 e. The number of rotatable bonds is 4. The summed E-state index contributed by atoms with van der Waals surface area (Å²) in [7, 11) is 0. The lowest BCUT2D eigenvalue weighted by Crippen LogP contribution is -2.06. The Morgan fingerprint density at radius 3 is 2.67 bits per heavy atom. The van der Waals surface area contributed by atoms with Crippen molar-refractivity contribution in [1.29, 1.82) is 0 Å². The highest BCUT2D eigenvalue weighted by atomic mass is 79.9. The molecule has 1 rings (SSSR count). The van der Waals surface area contributed by atoms with Crippen molar-refractivity contribution >= 4 is 27.5 Å². The lowest BCUT2D eigenvalue weighted by Gasteiger charge is -2.13. The van der Waals surface area contributed by atoms with Gasteiger partial charge in [-0.25, -0.2) is 4.39 Å². The van der Waals surface area contributed by atoms with Gasteiger partial charge in [-0.15, -0.1) is 0 Å². The second-order valence-electron chi connectivity index (χ2n) is 4.04. The smallest absolute Gasteiger partial charge is 0.144 e. The Hall–Kier alpha value is -0.0800. The van der Waals surface area contributed by atoms with E-state index in [2.05, 4.69) is 29.8 Å². The molecule has 84 valence electrons. The Morgan fingerprint density at radius 2 is 2.07 bits per heavy atom. The van der Waals surface area contributed by atoms with Crippen LogP contribution in [0.3, 0.4) is 0 Å². The van der Waals surface area contributed by atoms with Crippen LogP contribution in [0.25, 0.3) is 0 Å². The van der Waals surface area contributed by atoms with Crippen LogP contribution in [0.2, 0.25) is 5.02 Å². The van der Waals surface area contributed by atoms with E-state index in [4.69, 9.17) is 11.6 Å². The van der Waals surface area contributed by atoms with E-state index in [-0.39, 0.29) is 10.8 Å². The zero-order valence-electron chi connectivity index (χ0n) is 8.93. The molecule has 0 bridgehead atoms. The monoisotopic (exact) mass is 292 g/mol. The van der Waals surface area contributed by atoms with Gasteiger partial charge in [0.15, 0.2) is 0 Å². The molecule has 0 aliphatic heterocycles. The summed E-state index contributed by atoms with van der Waals surface area (Å²) < 4.78 is 13.6. The molecule has 0 saturated heterocycles. The summed E-state index contributed by atoms with van der Waals surface area (Å²) >= 11 is 9.22. The minimum absolute atomic E-state index is 0.214.